The molecule has 2 aliphatic rings. The van der Waals surface area contributed by atoms with E-state index >= 15 is 0 Å². The minimum atomic E-state index is -0.833. The first-order chi connectivity index (χ1) is 24.7. The summed E-state index contributed by atoms with van der Waals surface area (Å²) in [6.45, 7) is 4.04. The first-order valence-electron chi connectivity index (χ1n) is 17.1. The SMILES string of the molecule is CC(=O)O.Cn1ccn2ncc(C(=O)N3CCCCN(C(=O)C4Cc5ccccc5C(=O)N4)CCCOc4cccc(c4)-c4nccn4CC3)c12. The Kier molecular flexibility index (Phi) is 10.8. The van der Waals surface area contributed by atoms with Crippen LogP contribution in [0.5, 0.6) is 5.75 Å². The van der Waals surface area contributed by atoms with Gasteiger partial charge in [0.2, 0.25) is 5.91 Å². The maximum atomic E-state index is 14.0. The molecular formula is C37H42N8O6. The number of carbonyl (C=O) groups is 4. The van der Waals surface area contributed by atoms with E-state index in [0.717, 1.165) is 35.3 Å². The van der Waals surface area contributed by atoms with Gasteiger partial charge in [-0.25, -0.2) is 9.50 Å². The Morgan fingerprint density at radius 2 is 1.69 bits per heavy atom. The molecule has 1 atom stereocenters. The van der Waals surface area contributed by atoms with Gasteiger partial charge in [-0.05, 0) is 43.0 Å². The van der Waals surface area contributed by atoms with Crippen LogP contribution in [0.15, 0.2) is 79.5 Å². The highest BCUT2D eigenvalue weighted by Crippen LogP contribution is 2.24. The van der Waals surface area contributed by atoms with Crippen molar-refractivity contribution in [3.8, 4) is 17.1 Å². The number of fused-ring (bicyclic) bond motifs is 6. The van der Waals surface area contributed by atoms with Gasteiger partial charge in [0.1, 0.15) is 28.8 Å². The molecule has 0 saturated heterocycles. The number of hydrogen-bond acceptors (Lipinski definition) is 7. The van der Waals surface area contributed by atoms with Gasteiger partial charge in [0, 0.05) is 89.0 Å². The van der Waals surface area contributed by atoms with E-state index in [0.29, 0.717) is 76.1 Å². The van der Waals surface area contributed by atoms with Crippen LogP contribution in [0.4, 0.5) is 0 Å². The number of aryl methyl sites for hydroxylation is 1. The molecule has 7 rings (SSSR count). The summed E-state index contributed by atoms with van der Waals surface area (Å²) < 4.78 is 11.8. The van der Waals surface area contributed by atoms with Gasteiger partial charge < -0.3 is 34.1 Å². The molecule has 2 aromatic carbocycles. The summed E-state index contributed by atoms with van der Waals surface area (Å²) in [5, 5.41) is 14.7. The number of rotatable bonds is 2. The molecule has 3 aromatic heterocycles. The average Bonchev–Trinajstić information content (AvgIpc) is 3.86. The van der Waals surface area contributed by atoms with Gasteiger partial charge in [0.05, 0.1) is 12.8 Å². The quantitative estimate of drug-likeness (QED) is 0.285. The number of ether oxygens (including phenoxy) is 1. The number of carbonyl (C=O) groups excluding carboxylic acids is 3. The van der Waals surface area contributed by atoms with Crippen LogP contribution in [0.25, 0.3) is 17.0 Å². The minimum absolute atomic E-state index is 0.0895. The van der Waals surface area contributed by atoms with Gasteiger partial charge in [-0.1, -0.05) is 30.3 Å². The highest BCUT2D eigenvalue weighted by atomic mass is 16.5. The van der Waals surface area contributed by atoms with E-state index in [9.17, 15) is 14.4 Å². The summed E-state index contributed by atoms with van der Waals surface area (Å²) in [4.78, 5) is 58.1. The lowest BCUT2D eigenvalue weighted by Gasteiger charge is -2.31. The van der Waals surface area contributed by atoms with E-state index in [1.54, 1.807) is 23.0 Å². The molecule has 0 fully saturated rings. The van der Waals surface area contributed by atoms with Crippen LogP contribution < -0.4 is 10.1 Å². The average molecular weight is 695 g/mol. The van der Waals surface area contributed by atoms with Gasteiger partial charge in [-0.15, -0.1) is 0 Å². The van der Waals surface area contributed by atoms with Crippen molar-refractivity contribution in [3.63, 3.8) is 0 Å². The van der Waals surface area contributed by atoms with Crippen LogP contribution in [0.3, 0.4) is 0 Å². The number of carboxylic acid groups (broad SMARTS) is 1. The standard InChI is InChI=1S/C35H38N8O4.C2H4O2/c1-39-17-20-43-33(39)29(24-37-43)34(45)42-14-5-4-13-41(35(46)30-23-25-8-2-3-11-28(25)32(44)38-30)15-7-21-47-27-10-6-9-26(22-27)31-36-12-16-40(31)18-19-42;1-2(3)4/h2-3,6,8-12,16-17,20,22,24,30H,4-5,7,13-15,18-19,21,23H2,1H3,(H,38,44);1H3,(H,3,4). The van der Waals surface area contributed by atoms with Crippen molar-refractivity contribution >= 4 is 29.3 Å². The Labute approximate surface area is 295 Å². The molecule has 5 aromatic rings. The number of aliphatic carboxylic acids is 1. The first kappa shape index (κ1) is 34.9. The summed E-state index contributed by atoms with van der Waals surface area (Å²) in [6.07, 6.45) is 11.5. The minimum Gasteiger partial charge on any atom is -0.494 e. The monoisotopic (exact) mass is 694 g/mol. The van der Waals surface area contributed by atoms with Crippen LogP contribution in [0.1, 0.15) is 52.5 Å². The molecule has 266 valence electrons. The van der Waals surface area contributed by atoms with Crippen molar-refractivity contribution in [2.45, 2.75) is 45.2 Å². The zero-order valence-electron chi connectivity index (χ0n) is 28.8. The van der Waals surface area contributed by atoms with Crippen molar-refractivity contribution in [2.24, 2.45) is 7.05 Å². The Morgan fingerprint density at radius 3 is 2.51 bits per heavy atom. The third-order valence-electron chi connectivity index (χ3n) is 9.02. The number of carboxylic acids is 1. The molecule has 0 radical (unpaired) electrons. The summed E-state index contributed by atoms with van der Waals surface area (Å²) in [7, 11) is 1.90. The fourth-order valence-electron chi connectivity index (χ4n) is 6.57. The summed E-state index contributed by atoms with van der Waals surface area (Å²) >= 11 is 0. The maximum Gasteiger partial charge on any atom is 0.300 e. The molecule has 2 N–H and O–H groups in total. The third kappa shape index (κ3) is 8.11. The molecule has 5 heterocycles. The van der Waals surface area contributed by atoms with Gasteiger partial charge in [0.25, 0.3) is 17.8 Å². The molecule has 14 nitrogen and oxygen atoms in total. The van der Waals surface area contributed by atoms with Crippen molar-refractivity contribution in [1.29, 1.82) is 0 Å². The Morgan fingerprint density at radius 1 is 0.922 bits per heavy atom. The number of aromatic nitrogens is 5. The summed E-state index contributed by atoms with van der Waals surface area (Å²) in [5.74, 6) is 0.279. The van der Waals surface area contributed by atoms with E-state index in [1.165, 1.54) is 0 Å². The molecule has 0 saturated carbocycles. The lowest BCUT2D eigenvalue weighted by Crippen LogP contribution is -2.52. The van der Waals surface area contributed by atoms with Crippen molar-refractivity contribution in [1.82, 2.24) is 38.8 Å². The predicted molar refractivity (Wildman–Crippen MR) is 188 cm³/mol. The molecule has 3 amide bonds. The van der Waals surface area contributed by atoms with Crippen molar-refractivity contribution < 1.29 is 29.0 Å². The fraction of sp³-hybridized carbons (Fsp3) is 0.351. The van der Waals surface area contributed by atoms with Crippen molar-refractivity contribution in [2.75, 3.05) is 32.8 Å². The number of nitrogens with zero attached hydrogens (tertiary/aromatic N) is 7. The number of amides is 3. The molecule has 51 heavy (non-hydrogen) atoms. The molecule has 0 aliphatic carbocycles. The number of imidazole rings is 2. The lowest BCUT2D eigenvalue weighted by atomic mass is 9.94. The zero-order chi connectivity index (χ0) is 35.9. The third-order valence-corrected chi connectivity index (χ3v) is 9.02. The summed E-state index contributed by atoms with van der Waals surface area (Å²) in [6, 6.07) is 14.6. The second-order valence-electron chi connectivity index (χ2n) is 12.6. The number of nitrogens with one attached hydrogen (secondary N) is 1. The normalized spacial score (nSPS) is 16.8. The second kappa shape index (κ2) is 15.7. The number of hydrogen-bond donors (Lipinski definition) is 2. The first-order valence-corrected chi connectivity index (χ1v) is 17.1. The van der Waals surface area contributed by atoms with Crippen LogP contribution in [-0.4, -0.2) is 101 Å². The Hall–Kier alpha value is -5.92. The molecule has 2 bridgehead atoms. The molecule has 2 aliphatic heterocycles. The van der Waals surface area contributed by atoms with Crippen LogP contribution in [0.2, 0.25) is 0 Å². The fourth-order valence-corrected chi connectivity index (χ4v) is 6.57. The topological polar surface area (TPSA) is 156 Å². The Bertz CT molecular complexity index is 2030. The Balaban J connectivity index is 0.00000107. The van der Waals surface area contributed by atoms with Crippen LogP contribution in [0, 0.1) is 0 Å². The largest absolute Gasteiger partial charge is 0.494 e. The second-order valence-corrected chi connectivity index (χ2v) is 12.6. The number of benzene rings is 2. The molecule has 1 unspecified atom stereocenters. The van der Waals surface area contributed by atoms with Gasteiger partial charge in [-0.3, -0.25) is 19.2 Å². The van der Waals surface area contributed by atoms with E-state index in [4.69, 9.17) is 14.6 Å². The van der Waals surface area contributed by atoms with Gasteiger partial charge in [-0.2, -0.15) is 5.10 Å². The van der Waals surface area contributed by atoms with E-state index in [1.807, 2.05) is 82.5 Å². The van der Waals surface area contributed by atoms with Gasteiger partial charge >= 0.3 is 0 Å². The zero-order valence-corrected chi connectivity index (χ0v) is 28.8. The molecular weight excluding hydrogens is 652 g/mol. The predicted octanol–water partition coefficient (Wildman–Crippen LogP) is 3.52. The molecule has 14 heteroatoms. The van der Waals surface area contributed by atoms with Crippen molar-refractivity contribution in [3.05, 3.63) is 96.2 Å². The highest BCUT2D eigenvalue weighted by molar-refractivity contribution is 6.01. The summed E-state index contributed by atoms with van der Waals surface area (Å²) in [5.41, 5.74) is 3.70. The van der Waals surface area contributed by atoms with E-state index in [2.05, 4.69) is 20.0 Å². The smallest absolute Gasteiger partial charge is 0.300 e. The van der Waals surface area contributed by atoms with E-state index < -0.39 is 12.0 Å². The van der Waals surface area contributed by atoms with Gasteiger partial charge in [0.15, 0.2) is 0 Å². The maximum absolute atomic E-state index is 14.0. The van der Waals surface area contributed by atoms with E-state index in [-0.39, 0.29) is 17.7 Å². The molecule has 0 spiro atoms. The lowest BCUT2D eigenvalue weighted by molar-refractivity contribution is -0.135. The highest BCUT2D eigenvalue weighted by Gasteiger charge is 2.31. The van der Waals surface area contributed by atoms with Crippen LogP contribution in [-0.2, 0) is 29.6 Å². The van der Waals surface area contributed by atoms with Crippen LogP contribution >= 0.6 is 0 Å².